The smallest absolute Gasteiger partial charge is 0.310 e. The molecule has 2 atom stereocenters. The van der Waals surface area contributed by atoms with Crippen LogP contribution in [0, 0.1) is 24.2 Å². The van der Waals surface area contributed by atoms with Crippen LogP contribution in [-0.2, 0) is 19.6 Å². The topological polar surface area (TPSA) is 116 Å². The number of carbonyl (C=O) groups is 1. The quantitative estimate of drug-likeness (QED) is 0.823. The molecular formula is C13H14N2O5S. The Balaban J connectivity index is 2.27. The highest BCUT2D eigenvalue weighted by Crippen LogP contribution is 2.20. The number of nitriles is 1. The molecule has 0 aliphatic carbocycles. The van der Waals surface area contributed by atoms with E-state index in [-0.39, 0.29) is 18.1 Å². The predicted molar refractivity (Wildman–Crippen MR) is 71.9 cm³/mol. The van der Waals surface area contributed by atoms with Crippen molar-refractivity contribution in [3.63, 3.8) is 0 Å². The zero-order valence-corrected chi connectivity index (χ0v) is 12.1. The van der Waals surface area contributed by atoms with Crippen molar-refractivity contribution in [2.45, 2.75) is 17.9 Å². The molecule has 0 amide bonds. The molecule has 1 saturated heterocycles. The van der Waals surface area contributed by atoms with Gasteiger partial charge in [-0.05, 0) is 30.7 Å². The summed E-state index contributed by atoms with van der Waals surface area (Å²) in [4.78, 5) is 11.1. The molecule has 1 aliphatic rings. The highest BCUT2D eigenvalue weighted by Gasteiger charge is 2.37. The Kier molecular flexibility index (Phi) is 4.27. The minimum atomic E-state index is -3.87. The van der Waals surface area contributed by atoms with Crippen molar-refractivity contribution in [1.29, 1.82) is 5.26 Å². The minimum Gasteiger partial charge on any atom is -0.481 e. The van der Waals surface area contributed by atoms with Crippen molar-refractivity contribution >= 4 is 16.0 Å². The summed E-state index contributed by atoms with van der Waals surface area (Å²) in [5, 5.41) is 17.8. The lowest BCUT2D eigenvalue weighted by atomic mass is 10.1. The van der Waals surface area contributed by atoms with Gasteiger partial charge in [-0.25, -0.2) is 13.1 Å². The SMILES string of the molecule is Cc1cc(C#N)ccc1S(=O)(=O)NC1COCC1C(=O)O. The lowest BCUT2D eigenvalue weighted by Crippen LogP contribution is -2.42. The van der Waals surface area contributed by atoms with E-state index >= 15 is 0 Å². The summed E-state index contributed by atoms with van der Waals surface area (Å²) in [7, 11) is -3.87. The Bertz CT molecular complexity index is 708. The Labute approximate surface area is 122 Å². The maximum atomic E-state index is 12.3. The molecule has 0 spiro atoms. The fourth-order valence-corrected chi connectivity index (χ4v) is 3.68. The molecule has 0 saturated carbocycles. The molecule has 1 heterocycles. The third-order valence-corrected chi connectivity index (χ3v) is 4.95. The fraction of sp³-hybridized carbons (Fsp3) is 0.385. The third-order valence-electron chi connectivity index (χ3n) is 3.30. The zero-order valence-electron chi connectivity index (χ0n) is 11.2. The molecule has 1 aromatic carbocycles. The molecule has 1 fully saturated rings. The summed E-state index contributed by atoms with van der Waals surface area (Å²) in [6, 6.07) is 5.33. The van der Waals surface area contributed by atoms with Crippen LogP contribution >= 0.6 is 0 Å². The van der Waals surface area contributed by atoms with Gasteiger partial charge in [0.1, 0.15) is 0 Å². The number of hydrogen-bond acceptors (Lipinski definition) is 5. The van der Waals surface area contributed by atoms with Gasteiger partial charge < -0.3 is 9.84 Å². The molecule has 2 rings (SSSR count). The first kappa shape index (κ1) is 15.4. The number of hydrogen-bond donors (Lipinski definition) is 2. The highest BCUT2D eigenvalue weighted by atomic mass is 32.2. The number of rotatable bonds is 4. The van der Waals surface area contributed by atoms with Crippen LogP contribution in [0.1, 0.15) is 11.1 Å². The van der Waals surface area contributed by atoms with Gasteiger partial charge in [-0.1, -0.05) is 0 Å². The standard InChI is InChI=1S/C13H14N2O5S/c1-8-4-9(5-14)2-3-12(8)21(18,19)15-11-7-20-6-10(11)13(16)17/h2-4,10-11,15H,6-7H2,1H3,(H,16,17). The van der Waals surface area contributed by atoms with Crippen LogP contribution in [0.15, 0.2) is 23.1 Å². The van der Waals surface area contributed by atoms with E-state index in [0.717, 1.165) is 0 Å². The van der Waals surface area contributed by atoms with Gasteiger partial charge in [0, 0.05) is 0 Å². The van der Waals surface area contributed by atoms with E-state index in [9.17, 15) is 13.2 Å². The first-order chi connectivity index (χ1) is 9.85. The van der Waals surface area contributed by atoms with Crippen molar-refractivity contribution in [3.8, 4) is 6.07 Å². The van der Waals surface area contributed by atoms with Crippen LogP contribution in [0.5, 0.6) is 0 Å². The van der Waals surface area contributed by atoms with Crippen molar-refractivity contribution in [2.24, 2.45) is 5.92 Å². The number of aryl methyl sites for hydroxylation is 1. The number of aliphatic carboxylic acids is 1. The average molecular weight is 310 g/mol. The average Bonchev–Trinajstić information content (AvgIpc) is 2.85. The molecule has 2 N–H and O–H groups in total. The molecule has 21 heavy (non-hydrogen) atoms. The van der Waals surface area contributed by atoms with Crippen LogP contribution in [0.2, 0.25) is 0 Å². The largest absolute Gasteiger partial charge is 0.481 e. The number of benzene rings is 1. The second kappa shape index (κ2) is 5.81. The molecule has 112 valence electrons. The molecule has 2 unspecified atom stereocenters. The second-order valence-corrected chi connectivity index (χ2v) is 6.48. The van der Waals surface area contributed by atoms with E-state index in [4.69, 9.17) is 15.1 Å². The summed E-state index contributed by atoms with van der Waals surface area (Å²) >= 11 is 0. The van der Waals surface area contributed by atoms with Crippen molar-refractivity contribution in [2.75, 3.05) is 13.2 Å². The minimum absolute atomic E-state index is 0.0190. The summed E-state index contributed by atoms with van der Waals surface area (Å²) in [5.41, 5.74) is 0.784. The van der Waals surface area contributed by atoms with Crippen molar-refractivity contribution in [3.05, 3.63) is 29.3 Å². The van der Waals surface area contributed by atoms with E-state index < -0.39 is 28.0 Å². The monoisotopic (exact) mass is 310 g/mol. The fourth-order valence-electron chi connectivity index (χ4n) is 2.20. The molecular weight excluding hydrogens is 296 g/mol. The predicted octanol–water partition coefficient (Wildman–Crippen LogP) is 0.245. The number of nitrogens with zero attached hydrogens (tertiary/aromatic N) is 1. The number of ether oxygens (including phenoxy) is 1. The second-order valence-electron chi connectivity index (χ2n) is 4.80. The van der Waals surface area contributed by atoms with Gasteiger partial charge in [0.25, 0.3) is 0 Å². The number of nitrogens with one attached hydrogen (secondary N) is 1. The molecule has 7 nitrogen and oxygen atoms in total. The summed E-state index contributed by atoms with van der Waals surface area (Å²) in [5.74, 6) is -2.00. The maximum Gasteiger partial charge on any atom is 0.310 e. The molecule has 8 heteroatoms. The van der Waals surface area contributed by atoms with E-state index in [1.165, 1.54) is 18.2 Å². The number of carboxylic acids is 1. The van der Waals surface area contributed by atoms with E-state index in [1.807, 2.05) is 6.07 Å². The van der Waals surface area contributed by atoms with Gasteiger partial charge in [0.05, 0.1) is 41.7 Å². The van der Waals surface area contributed by atoms with Crippen LogP contribution in [0.25, 0.3) is 0 Å². The summed E-state index contributed by atoms with van der Waals surface area (Å²) in [6.07, 6.45) is 0. The van der Waals surface area contributed by atoms with Crippen molar-refractivity contribution < 1.29 is 23.1 Å². The lowest BCUT2D eigenvalue weighted by molar-refractivity contribution is -0.142. The first-order valence-electron chi connectivity index (χ1n) is 6.19. The van der Waals surface area contributed by atoms with E-state index in [1.54, 1.807) is 6.92 Å². The number of carboxylic acid groups (broad SMARTS) is 1. The molecule has 1 aliphatic heterocycles. The van der Waals surface area contributed by atoms with Gasteiger partial charge in [-0.3, -0.25) is 4.79 Å². The highest BCUT2D eigenvalue weighted by molar-refractivity contribution is 7.89. The lowest BCUT2D eigenvalue weighted by Gasteiger charge is -2.17. The van der Waals surface area contributed by atoms with Crippen LogP contribution in [0.4, 0.5) is 0 Å². The molecule has 0 aromatic heterocycles. The van der Waals surface area contributed by atoms with Gasteiger partial charge in [0.2, 0.25) is 10.0 Å². The van der Waals surface area contributed by atoms with Gasteiger partial charge in [-0.15, -0.1) is 0 Å². The van der Waals surface area contributed by atoms with E-state index in [0.29, 0.717) is 11.1 Å². The summed E-state index contributed by atoms with van der Waals surface area (Å²) < 4.78 is 32.1. The van der Waals surface area contributed by atoms with Gasteiger partial charge in [0.15, 0.2) is 0 Å². The van der Waals surface area contributed by atoms with Crippen LogP contribution in [0.3, 0.4) is 0 Å². The Morgan fingerprint density at radius 2 is 2.19 bits per heavy atom. The van der Waals surface area contributed by atoms with Crippen LogP contribution in [-0.4, -0.2) is 38.7 Å². The van der Waals surface area contributed by atoms with Crippen LogP contribution < -0.4 is 4.72 Å². The molecule has 1 aromatic rings. The normalized spacial score (nSPS) is 21.9. The van der Waals surface area contributed by atoms with E-state index in [2.05, 4.69) is 4.72 Å². The Morgan fingerprint density at radius 3 is 2.76 bits per heavy atom. The zero-order chi connectivity index (χ0) is 15.6. The first-order valence-corrected chi connectivity index (χ1v) is 7.67. The summed E-state index contributed by atoms with van der Waals surface area (Å²) in [6.45, 7) is 1.58. The van der Waals surface area contributed by atoms with Gasteiger partial charge >= 0.3 is 5.97 Å². The third kappa shape index (κ3) is 3.21. The molecule has 0 bridgehead atoms. The molecule has 0 radical (unpaired) electrons. The Morgan fingerprint density at radius 1 is 1.48 bits per heavy atom. The number of sulfonamides is 1. The van der Waals surface area contributed by atoms with Crippen molar-refractivity contribution in [1.82, 2.24) is 4.72 Å². The maximum absolute atomic E-state index is 12.3. The Hall–Kier alpha value is -1.95. The van der Waals surface area contributed by atoms with Gasteiger partial charge in [-0.2, -0.15) is 5.26 Å².